The van der Waals surface area contributed by atoms with Gasteiger partial charge in [0.15, 0.2) is 5.71 Å². The first-order valence-corrected chi connectivity index (χ1v) is 7.35. The van der Waals surface area contributed by atoms with Crippen LogP contribution < -0.4 is 0 Å². The molecule has 8 heteroatoms. The predicted molar refractivity (Wildman–Crippen MR) is 87.1 cm³/mol. The minimum Gasteiger partial charge on any atom is -0.258 e. The molecule has 2 heterocycles. The van der Waals surface area contributed by atoms with Gasteiger partial charge in [0, 0.05) is 24.5 Å². The predicted octanol–water partition coefficient (Wildman–Crippen LogP) is 3.55. The van der Waals surface area contributed by atoms with Crippen molar-refractivity contribution in [1.82, 2.24) is 9.97 Å². The molecule has 0 N–H and O–H groups in total. The van der Waals surface area contributed by atoms with E-state index >= 15 is 0 Å². The molecule has 2 aromatic heterocycles. The van der Waals surface area contributed by atoms with Crippen LogP contribution in [0.4, 0.5) is 11.4 Å². The summed E-state index contributed by atoms with van der Waals surface area (Å²) in [6.07, 6.45) is 3.16. The highest BCUT2D eigenvalue weighted by molar-refractivity contribution is 7.20. The third kappa shape index (κ3) is 2.90. The topological polar surface area (TPSA) is 105 Å². The Morgan fingerprint density at radius 2 is 2.13 bits per heavy atom. The van der Waals surface area contributed by atoms with Gasteiger partial charge in [-0.25, -0.2) is 9.98 Å². The van der Waals surface area contributed by atoms with Crippen molar-refractivity contribution in [2.24, 2.45) is 4.99 Å². The number of thiophene rings is 1. The van der Waals surface area contributed by atoms with E-state index in [0.717, 1.165) is 5.56 Å². The number of hydrogen-bond donors (Lipinski definition) is 0. The smallest absolute Gasteiger partial charge is 0.258 e. The number of benzene rings is 1. The van der Waals surface area contributed by atoms with E-state index in [-0.39, 0.29) is 11.4 Å². The lowest BCUT2D eigenvalue weighted by atomic mass is 10.2. The molecule has 112 valence electrons. The summed E-state index contributed by atoms with van der Waals surface area (Å²) >= 11 is 1.30. The summed E-state index contributed by atoms with van der Waals surface area (Å²) in [4.78, 5) is 24.4. The Labute approximate surface area is 134 Å². The van der Waals surface area contributed by atoms with Crippen LogP contribution in [-0.4, -0.2) is 20.6 Å². The van der Waals surface area contributed by atoms with E-state index in [1.165, 1.54) is 23.5 Å². The van der Waals surface area contributed by atoms with Crippen LogP contribution in [0.2, 0.25) is 0 Å². The molecule has 0 fully saturated rings. The zero-order valence-electron chi connectivity index (χ0n) is 11.9. The first-order valence-electron chi connectivity index (χ1n) is 6.53. The highest BCUT2D eigenvalue weighted by Gasteiger charge is 2.12. The number of non-ortho nitro benzene ring substituents is 1. The van der Waals surface area contributed by atoms with Gasteiger partial charge in [0.1, 0.15) is 16.4 Å². The Hall–Kier alpha value is -3.18. The van der Waals surface area contributed by atoms with Gasteiger partial charge in [0.05, 0.1) is 15.5 Å². The van der Waals surface area contributed by atoms with Gasteiger partial charge in [-0.3, -0.25) is 15.1 Å². The summed E-state index contributed by atoms with van der Waals surface area (Å²) < 4.78 is 0. The fourth-order valence-corrected chi connectivity index (χ4v) is 2.87. The van der Waals surface area contributed by atoms with Crippen LogP contribution >= 0.6 is 11.3 Å². The Morgan fingerprint density at radius 1 is 1.35 bits per heavy atom. The first-order chi connectivity index (χ1) is 11.1. The number of aryl methyl sites for hydroxylation is 1. The van der Waals surface area contributed by atoms with Crippen LogP contribution in [-0.2, 0) is 0 Å². The Balaban J connectivity index is 2.10. The van der Waals surface area contributed by atoms with Crippen molar-refractivity contribution in [3.63, 3.8) is 0 Å². The van der Waals surface area contributed by atoms with Gasteiger partial charge >= 0.3 is 0 Å². The maximum Gasteiger partial charge on any atom is 0.271 e. The fraction of sp³-hybridized carbons (Fsp3) is 0.0667. The number of nitrogens with zero attached hydrogens (tertiary/aromatic N) is 5. The van der Waals surface area contributed by atoms with Gasteiger partial charge in [-0.2, -0.15) is 5.26 Å². The SMILES string of the molecule is Cc1ccc([N+](=O)[O-])cc1N=C(C#N)c1cc2nccnc2s1. The van der Waals surface area contributed by atoms with Gasteiger partial charge in [-0.1, -0.05) is 6.07 Å². The number of rotatable bonds is 3. The maximum absolute atomic E-state index is 10.9. The van der Waals surface area contributed by atoms with Crippen molar-refractivity contribution in [3.8, 4) is 6.07 Å². The largest absolute Gasteiger partial charge is 0.271 e. The average molecular weight is 323 g/mol. The molecule has 0 saturated carbocycles. The molecule has 0 amide bonds. The second-order valence-corrected chi connectivity index (χ2v) is 5.69. The van der Waals surface area contributed by atoms with E-state index in [4.69, 9.17) is 0 Å². The van der Waals surface area contributed by atoms with Crippen LogP contribution in [0.25, 0.3) is 10.3 Å². The summed E-state index contributed by atoms with van der Waals surface area (Å²) in [5, 5.41) is 20.3. The highest BCUT2D eigenvalue weighted by Crippen LogP contribution is 2.27. The van der Waals surface area contributed by atoms with Crippen LogP contribution in [0.5, 0.6) is 0 Å². The van der Waals surface area contributed by atoms with Crippen LogP contribution in [0, 0.1) is 28.4 Å². The minimum absolute atomic E-state index is 0.0636. The van der Waals surface area contributed by atoms with E-state index in [9.17, 15) is 15.4 Å². The monoisotopic (exact) mass is 323 g/mol. The molecule has 0 spiro atoms. The van der Waals surface area contributed by atoms with Crippen molar-refractivity contribution >= 4 is 38.8 Å². The summed E-state index contributed by atoms with van der Waals surface area (Å²) in [7, 11) is 0. The molecule has 0 bridgehead atoms. The van der Waals surface area contributed by atoms with Crippen LogP contribution in [0.15, 0.2) is 41.7 Å². The lowest BCUT2D eigenvalue weighted by molar-refractivity contribution is -0.384. The molecule has 7 nitrogen and oxygen atoms in total. The van der Waals surface area contributed by atoms with E-state index in [1.54, 1.807) is 31.5 Å². The molecular formula is C15H9N5O2S. The third-order valence-electron chi connectivity index (χ3n) is 3.14. The minimum atomic E-state index is -0.488. The summed E-state index contributed by atoms with van der Waals surface area (Å²) in [6, 6.07) is 8.16. The molecule has 0 atom stereocenters. The van der Waals surface area contributed by atoms with Gasteiger partial charge < -0.3 is 0 Å². The molecule has 23 heavy (non-hydrogen) atoms. The van der Waals surface area contributed by atoms with Gasteiger partial charge in [-0.05, 0) is 18.6 Å². The van der Waals surface area contributed by atoms with Crippen molar-refractivity contribution in [2.45, 2.75) is 6.92 Å². The molecule has 3 rings (SSSR count). The molecule has 0 unspecified atom stereocenters. The number of nitro benzene ring substituents is 1. The van der Waals surface area contributed by atoms with E-state index < -0.39 is 4.92 Å². The molecule has 0 aliphatic carbocycles. The third-order valence-corrected chi connectivity index (χ3v) is 4.18. The summed E-state index contributed by atoms with van der Waals surface area (Å²) in [6.45, 7) is 1.78. The first kappa shape index (κ1) is 14.7. The quantitative estimate of drug-likeness (QED) is 0.416. The van der Waals surface area contributed by atoms with Crippen LogP contribution in [0.3, 0.4) is 0 Å². The summed E-state index contributed by atoms with van der Waals surface area (Å²) in [5.74, 6) is 0. The number of fused-ring (bicyclic) bond motifs is 1. The van der Waals surface area contributed by atoms with E-state index in [1.807, 2.05) is 6.07 Å². The Kier molecular flexibility index (Phi) is 3.78. The zero-order valence-corrected chi connectivity index (χ0v) is 12.7. The summed E-state index contributed by atoms with van der Waals surface area (Å²) in [5.41, 5.74) is 1.95. The number of aliphatic imine (C=N–C) groups is 1. The number of aromatic nitrogens is 2. The molecule has 0 saturated heterocycles. The second kappa shape index (κ2) is 5.90. The van der Waals surface area contributed by atoms with Gasteiger partial charge in [0.25, 0.3) is 5.69 Å². The standard InChI is InChI=1S/C15H9N5O2S/c1-9-2-3-10(20(21)22)6-11(9)19-13(8-16)14-7-12-15(23-14)18-5-4-17-12/h2-7H,1H3. The normalized spacial score (nSPS) is 11.4. The lowest BCUT2D eigenvalue weighted by Gasteiger charge is -2.00. The second-order valence-electron chi connectivity index (χ2n) is 4.66. The van der Waals surface area contributed by atoms with Crippen molar-refractivity contribution in [2.75, 3.05) is 0 Å². The molecule has 0 aliphatic rings. The molecule has 1 aromatic carbocycles. The van der Waals surface area contributed by atoms with Crippen molar-refractivity contribution < 1.29 is 4.92 Å². The molecule has 0 radical (unpaired) electrons. The molecule has 3 aromatic rings. The van der Waals surface area contributed by atoms with E-state index in [0.29, 0.717) is 20.9 Å². The zero-order chi connectivity index (χ0) is 16.4. The molecular weight excluding hydrogens is 314 g/mol. The Bertz CT molecular complexity index is 954. The molecule has 0 aliphatic heterocycles. The number of nitriles is 1. The Morgan fingerprint density at radius 3 is 2.83 bits per heavy atom. The fourth-order valence-electron chi connectivity index (χ4n) is 1.98. The number of nitro groups is 1. The van der Waals surface area contributed by atoms with E-state index in [2.05, 4.69) is 15.0 Å². The van der Waals surface area contributed by atoms with Crippen molar-refractivity contribution in [3.05, 3.63) is 57.2 Å². The average Bonchev–Trinajstić information content (AvgIpc) is 2.97. The van der Waals surface area contributed by atoms with Gasteiger partial charge in [-0.15, -0.1) is 11.3 Å². The van der Waals surface area contributed by atoms with Crippen molar-refractivity contribution in [1.29, 1.82) is 5.26 Å². The number of hydrogen-bond acceptors (Lipinski definition) is 7. The highest BCUT2D eigenvalue weighted by atomic mass is 32.1. The maximum atomic E-state index is 10.9. The lowest BCUT2D eigenvalue weighted by Crippen LogP contribution is -1.94. The van der Waals surface area contributed by atoms with Gasteiger partial charge in [0.2, 0.25) is 0 Å². The van der Waals surface area contributed by atoms with Crippen LogP contribution in [0.1, 0.15) is 10.4 Å².